The molecule has 0 fully saturated rings. The van der Waals surface area contributed by atoms with E-state index in [1.165, 1.54) is 30.3 Å². The Labute approximate surface area is 209 Å². The lowest BCUT2D eigenvalue weighted by atomic mass is 9.98. The number of hydrogen-bond acceptors (Lipinski definition) is 4. The number of fused-ring (bicyclic) bond motifs is 1. The van der Waals surface area contributed by atoms with Crippen molar-refractivity contribution in [3.63, 3.8) is 0 Å². The smallest absolute Gasteiger partial charge is 0.461 e. The van der Waals surface area contributed by atoms with Crippen molar-refractivity contribution in [2.75, 3.05) is 18.1 Å². The minimum Gasteiger partial charge on any atom is -0.488 e. The van der Waals surface area contributed by atoms with Crippen LogP contribution in [-0.2, 0) is 0 Å². The van der Waals surface area contributed by atoms with Crippen LogP contribution in [0.3, 0.4) is 0 Å². The third-order valence-electron chi connectivity index (χ3n) is 5.74. The first-order valence-electron chi connectivity index (χ1n) is 10.9. The van der Waals surface area contributed by atoms with Gasteiger partial charge in [-0.25, -0.2) is 8.78 Å². The summed E-state index contributed by atoms with van der Waals surface area (Å²) in [5.41, 5.74) is 0.212. The van der Waals surface area contributed by atoms with Crippen LogP contribution in [0.1, 0.15) is 11.6 Å². The van der Waals surface area contributed by atoms with E-state index in [4.69, 9.17) is 4.74 Å². The molecule has 4 rings (SSSR count). The Bertz CT molecular complexity index is 1280. The van der Waals surface area contributed by atoms with E-state index < -0.39 is 61.4 Å². The first-order chi connectivity index (χ1) is 17.8. The van der Waals surface area contributed by atoms with Crippen LogP contribution in [0.5, 0.6) is 11.5 Å². The molecule has 2 atom stereocenters. The number of alkyl halides is 7. The molecule has 1 aliphatic rings. The minimum atomic E-state index is -5.03. The van der Waals surface area contributed by atoms with Gasteiger partial charge < -0.3 is 19.5 Å². The number of hydrogen-bond donors (Lipinski definition) is 1. The number of para-hydroxylation sites is 1. The van der Waals surface area contributed by atoms with Crippen molar-refractivity contribution in [2.24, 2.45) is 0 Å². The summed E-state index contributed by atoms with van der Waals surface area (Å²) in [6, 6.07) is 10.0. The summed E-state index contributed by atoms with van der Waals surface area (Å²) in [6.45, 7) is -1.44. The van der Waals surface area contributed by atoms with Crippen LogP contribution in [0.2, 0.25) is 0 Å². The van der Waals surface area contributed by atoms with Gasteiger partial charge in [-0.1, -0.05) is 24.3 Å². The zero-order valence-corrected chi connectivity index (χ0v) is 19.0. The topological polar surface area (TPSA) is 41.9 Å². The van der Waals surface area contributed by atoms with Crippen LogP contribution < -0.4 is 14.4 Å². The van der Waals surface area contributed by atoms with Gasteiger partial charge in [0.05, 0.1) is 18.3 Å². The molecule has 3 aromatic carbocycles. The van der Waals surface area contributed by atoms with E-state index in [9.17, 15) is 44.6 Å². The van der Waals surface area contributed by atoms with Gasteiger partial charge in [-0.05, 0) is 41.5 Å². The minimum absolute atomic E-state index is 0.00375. The molecule has 13 heteroatoms. The first-order valence-corrected chi connectivity index (χ1v) is 10.9. The fourth-order valence-electron chi connectivity index (χ4n) is 4.04. The SMILES string of the molecule is O[C@H](CN1c2cccc(-c3cc(F)cc(F)c3)c2OC[C@@H]1c1cccc(OC(F)(F)C(F)F)c1)C(F)(F)F. The summed E-state index contributed by atoms with van der Waals surface area (Å²) in [4.78, 5) is 1.08. The van der Waals surface area contributed by atoms with Crippen molar-refractivity contribution < 1.29 is 54.1 Å². The normalized spacial score (nSPS) is 16.7. The first kappa shape index (κ1) is 27.4. The molecule has 1 N–H and O–H groups in total. The third kappa shape index (κ3) is 5.77. The fraction of sp³-hybridized carbons (Fsp3) is 0.280. The van der Waals surface area contributed by atoms with Crippen molar-refractivity contribution in [1.82, 2.24) is 0 Å². The fourth-order valence-corrected chi connectivity index (χ4v) is 4.04. The van der Waals surface area contributed by atoms with E-state index in [1.807, 2.05) is 0 Å². The highest BCUT2D eigenvalue weighted by Gasteiger charge is 2.45. The van der Waals surface area contributed by atoms with E-state index in [1.54, 1.807) is 0 Å². The van der Waals surface area contributed by atoms with Crippen LogP contribution in [0.25, 0.3) is 11.1 Å². The number of rotatable bonds is 7. The summed E-state index contributed by atoms with van der Waals surface area (Å²) >= 11 is 0. The molecule has 0 radical (unpaired) electrons. The monoisotopic (exact) mass is 551 g/mol. The van der Waals surface area contributed by atoms with Gasteiger partial charge >= 0.3 is 18.7 Å². The lowest BCUT2D eigenvalue weighted by Crippen LogP contribution is -2.46. The second-order valence-corrected chi connectivity index (χ2v) is 8.39. The van der Waals surface area contributed by atoms with Gasteiger partial charge in [-0.15, -0.1) is 0 Å². The van der Waals surface area contributed by atoms with Gasteiger partial charge in [0, 0.05) is 11.6 Å². The standard InChI is InChI=1S/C25H18F9NO3/c26-15-7-14(8-16(27)10-15)18-5-2-6-19-22(18)37-12-20(35(19)11-21(36)24(30,31)32)13-3-1-4-17(9-13)38-25(33,34)23(28)29/h1-10,20-21,23,36H,11-12H2/t20-,21-/m1/s1. The van der Waals surface area contributed by atoms with Crippen LogP contribution >= 0.6 is 0 Å². The maximum Gasteiger partial charge on any atom is 0.461 e. The summed E-state index contributed by atoms with van der Waals surface area (Å²) in [6.07, 6.45) is -16.8. The maximum absolute atomic E-state index is 13.9. The van der Waals surface area contributed by atoms with E-state index >= 15 is 0 Å². The number of benzene rings is 3. The molecular weight excluding hydrogens is 533 g/mol. The Morgan fingerprint density at radius 3 is 2.24 bits per heavy atom. The van der Waals surface area contributed by atoms with Gasteiger partial charge in [0.1, 0.15) is 24.0 Å². The number of aliphatic hydroxyl groups excluding tert-OH is 1. The van der Waals surface area contributed by atoms with Gasteiger partial charge in [-0.2, -0.15) is 30.7 Å². The van der Waals surface area contributed by atoms with E-state index in [0.29, 0.717) is 6.07 Å². The van der Waals surface area contributed by atoms with Gasteiger partial charge in [0.15, 0.2) is 11.9 Å². The van der Waals surface area contributed by atoms with Gasteiger partial charge in [0.2, 0.25) is 0 Å². The Hall–Kier alpha value is -3.61. The zero-order chi connectivity index (χ0) is 27.8. The lowest BCUT2D eigenvalue weighted by molar-refractivity contribution is -0.253. The van der Waals surface area contributed by atoms with Crippen molar-refractivity contribution in [3.05, 3.63) is 77.9 Å². The molecule has 4 nitrogen and oxygen atoms in total. The highest BCUT2D eigenvalue weighted by atomic mass is 19.4. The Kier molecular flexibility index (Phi) is 7.42. The zero-order valence-electron chi connectivity index (χ0n) is 19.0. The van der Waals surface area contributed by atoms with Crippen molar-refractivity contribution in [1.29, 1.82) is 0 Å². The quantitative estimate of drug-likeness (QED) is 0.331. The molecule has 0 amide bonds. The number of halogens is 9. The molecular formula is C25H18F9NO3. The largest absolute Gasteiger partial charge is 0.488 e. The Balaban J connectivity index is 1.78. The molecule has 38 heavy (non-hydrogen) atoms. The number of anilines is 1. The number of nitrogens with zero attached hydrogens (tertiary/aromatic N) is 1. The van der Waals surface area contributed by atoms with E-state index in [0.717, 1.165) is 29.2 Å². The molecule has 0 bridgehead atoms. The lowest BCUT2D eigenvalue weighted by Gasteiger charge is -2.41. The summed E-state index contributed by atoms with van der Waals surface area (Å²) < 4.78 is 129. The molecule has 0 aliphatic carbocycles. The molecule has 0 saturated heterocycles. The van der Waals surface area contributed by atoms with Crippen LogP contribution in [0.4, 0.5) is 45.2 Å². The van der Waals surface area contributed by atoms with E-state index in [-0.39, 0.29) is 28.1 Å². The summed E-state index contributed by atoms with van der Waals surface area (Å²) in [5, 5.41) is 9.84. The Morgan fingerprint density at radius 1 is 0.947 bits per heavy atom. The molecule has 3 aromatic rings. The van der Waals surface area contributed by atoms with Gasteiger partial charge in [-0.3, -0.25) is 0 Å². The van der Waals surface area contributed by atoms with Gasteiger partial charge in [0.25, 0.3) is 0 Å². The molecule has 204 valence electrons. The summed E-state index contributed by atoms with van der Waals surface area (Å²) in [5.74, 6) is -2.54. The third-order valence-corrected chi connectivity index (χ3v) is 5.74. The average molecular weight is 551 g/mol. The second kappa shape index (κ2) is 10.3. The highest BCUT2D eigenvalue weighted by Crippen LogP contribution is 2.46. The maximum atomic E-state index is 13.9. The second-order valence-electron chi connectivity index (χ2n) is 8.39. The van der Waals surface area contributed by atoms with Crippen LogP contribution in [0.15, 0.2) is 60.7 Å². The van der Waals surface area contributed by atoms with E-state index in [2.05, 4.69) is 4.74 Å². The molecule has 0 saturated carbocycles. The molecule has 1 heterocycles. The van der Waals surface area contributed by atoms with Crippen molar-refractivity contribution in [3.8, 4) is 22.6 Å². The molecule has 0 unspecified atom stereocenters. The van der Waals surface area contributed by atoms with Crippen LogP contribution in [-0.4, -0.2) is 43.1 Å². The van der Waals surface area contributed by atoms with Crippen molar-refractivity contribution in [2.45, 2.75) is 30.9 Å². The average Bonchev–Trinajstić information content (AvgIpc) is 2.82. The molecule has 1 aliphatic heterocycles. The predicted molar refractivity (Wildman–Crippen MR) is 117 cm³/mol. The van der Waals surface area contributed by atoms with Crippen molar-refractivity contribution >= 4 is 5.69 Å². The number of aliphatic hydroxyl groups is 1. The highest BCUT2D eigenvalue weighted by molar-refractivity contribution is 5.80. The Morgan fingerprint density at radius 2 is 1.61 bits per heavy atom. The van der Waals surface area contributed by atoms with Crippen LogP contribution in [0, 0.1) is 11.6 Å². The molecule has 0 aromatic heterocycles. The number of β-amino-alcohol motifs (C(OH)–C–C–N with tert-alkyl or cyclic N) is 1. The predicted octanol–water partition coefficient (Wildman–Crippen LogP) is 6.73. The number of ether oxygens (including phenoxy) is 2. The summed E-state index contributed by atoms with van der Waals surface area (Å²) in [7, 11) is 0. The molecule has 0 spiro atoms.